The summed E-state index contributed by atoms with van der Waals surface area (Å²) in [5.41, 5.74) is 26.4. The van der Waals surface area contributed by atoms with Crippen LogP contribution in [0.1, 0.15) is 193 Å². The van der Waals surface area contributed by atoms with E-state index in [4.69, 9.17) is 0 Å². The van der Waals surface area contributed by atoms with E-state index in [0.717, 1.165) is 0 Å². The molecule has 11 rings (SSSR count). The number of aryl methyl sites for hydroxylation is 2. The second-order valence-corrected chi connectivity index (χ2v) is 29.6. The lowest BCUT2D eigenvalue weighted by atomic mass is 9.33. The van der Waals surface area contributed by atoms with Gasteiger partial charge in [0.2, 0.25) is 0 Å². The van der Waals surface area contributed by atoms with Gasteiger partial charge in [0.1, 0.15) is 0 Å². The lowest BCUT2D eigenvalue weighted by Gasteiger charge is -2.47. The molecule has 0 N–H and O–H groups in total. The van der Waals surface area contributed by atoms with Gasteiger partial charge in [0.25, 0.3) is 6.71 Å². The summed E-state index contributed by atoms with van der Waals surface area (Å²) in [6.07, 6.45) is 4.74. The van der Waals surface area contributed by atoms with Crippen molar-refractivity contribution in [3.05, 3.63) is 147 Å². The van der Waals surface area contributed by atoms with E-state index < -0.39 is 0 Å². The molecule has 0 unspecified atom stereocenters. The minimum absolute atomic E-state index is 0.00591. The van der Waals surface area contributed by atoms with Crippen LogP contribution in [0.15, 0.2) is 97.1 Å². The van der Waals surface area contributed by atoms with Crippen molar-refractivity contribution in [1.82, 2.24) is 0 Å². The van der Waals surface area contributed by atoms with Gasteiger partial charge in [-0.3, -0.25) is 0 Å². The number of hydrogen-bond acceptors (Lipinski definition) is 3. The van der Waals surface area contributed by atoms with E-state index in [2.05, 4.69) is 238 Å². The molecule has 0 atom stereocenters. The first-order valence-electron chi connectivity index (χ1n) is 27.3. The molecular formula is C68H81BN2S. The van der Waals surface area contributed by atoms with Crippen LogP contribution >= 0.6 is 11.3 Å². The Morgan fingerprint density at radius 3 is 1.58 bits per heavy atom. The van der Waals surface area contributed by atoms with Crippen LogP contribution < -0.4 is 26.2 Å². The van der Waals surface area contributed by atoms with Crippen molar-refractivity contribution in [2.24, 2.45) is 0 Å². The van der Waals surface area contributed by atoms with Gasteiger partial charge in [-0.15, -0.1) is 11.3 Å². The Morgan fingerprint density at radius 2 is 1.00 bits per heavy atom. The molecule has 1 aromatic heterocycles. The van der Waals surface area contributed by atoms with E-state index in [1.54, 1.807) is 0 Å². The number of hydrogen-bond donors (Lipinski definition) is 0. The number of rotatable bonds is 3. The Labute approximate surface area is 438 Å². The molecule has 0 bridgehead atoms. The molecule has 2 aliphatic carbocycles. The van der Waals surface area contributed by atoms with Gasteiger partial charge in [-0.05, 0) is 197 Å². The predicted molar refractivity (Wildman–Crippen MR) is 317 cm³/mol. The fourth-order valence-electron chi connectivity index (χ4n) is 13.3. The molecule has 0 radical (unpaired) electrons. The maximum Gasteiger partial charge on any atom is 0.254 e. The highest BCUT2D eigenvalue weighted by atomic mass is 32.1. The Balaban J connectivity index is 1.29. The van der Waals surface area contributed by atoms with Crippen LogP contribution in [0.4, 0.5) is 33.4 Å². The average molecular weight is 969 g/mol. The summed E-state index contributed by atoms with van der Waals surface area (Å²) in [5.74, 6) is 0. The molecule has 7 aromatic rings. The van der Waals surface area contributed by atoms with E-state index in [-0.39, 0.29) is 44.6 Å². The van der Waals surface area contributed by atoms with Crippen molar-refractivity contribution >= 4 is 78.0 Å². The number of fused-ring (bicyclic) bond motifs is 8. The van der Waals surface area contributed by atoms with Gasteiger partial charge < -0.3 is 9.80 Å². The van der Waals surface area contributed by atoms with Crippen molar-refractivity contribution in [2.45, 2.75) is 195 Å². The molecule has 372 valence electrons. The zero-order valence-corrected chi connectivity index (χ0v) is 48.3. The van der Waals surface area contributed by atoms with E-state index in [1.807, 2.05) is 11.3 Å². The van der Waals surface area contributed by atoms with E-state index in [9.17, 15) is 0 Å². The van der Waals surface area contributed by atoms with Crippen LogP contribution in [0, 0.1) is 13.8 Å². The maximum absolute atomic E-state index is 2.77. The highest BCUT2D eigenvalue weighted by Crippen LogP contribution is 2.55. The molecule has 0 amide bonds. The largest absolute Gasteiger partial charge is 0.311 e. The molecule has 4 aliphatic rings. The van der Waals surface area contributed by atoms with Gasteiger partial charge >= 0.3 is 0 Å². The zero-order valence-electron chi connectivity index (χ0n) is 47.4. The van der Waals surface area contributed by atoms with Crippen LogP contribution in [0.3, 0.4) is 0 Å². The maximum atomic E-state index is 2.77. The Bertz CT molecular complexity index is 3390. The number of benzene rings is 6. The molecule has 0 fully saturated rings. The molecule has 0 saturated heterocycles. The smallest absolute Gasteiger partial charge is 0.254 e. The fourth-order valence-corrected chi connectivity index (χ4v) is 14.5. The van der Waals surface area contributed by atoms with Gasteiger partial charge in [0.05, 0.1) is 10.7 Å². The minimum atomic E-state index is -0.0383. The van der Waals surface area contributed by atoms with Gasteiger partial charge in [0.15, 0.2) is 0 Å². The molecule has 0 spiro atoms. The average Bonchev–Trinajstić information content (AvgIpc) is 3.67. The fraction of sp³-hybridized carbons (Fsp3) is 0.441. The summed E-state index contributed by atoms with van der Waals surface area (Å²) in [5, 5.41) is 2.74. The normalized spacial score (nSPS) is 18.3. The molecule has 4 heteroatoms. The lowest BCUT2D eigenvalue weighted by Crippen LogP contribution is -2.61. The SMILES string of the molecule is Cc1cc2c3c(c1)N(c1c(C)cc(C(C)(C)C)cc1-c1ccc4c(c1)C(C)(C)CCC4(C)C)c1sc4ccc(C(C)(C)C)cc4c1B3c1cc3c(cc1N2c1ccc(C(C)(C)C)cc1)C(C)(C)CCC3(C)C. The van der Waals surface area contributed by atoms with Crippen molar-refractivity contribution in [2.75, 3.05) is 9.80 Å². The first kappa shape index (κ1) is 49.2. The highest BCUT2D eigenvalue weighted by molar-refractivity contribution is 7.26. The zero-order chi connectivity index (χ0) is 51.8. The van der Waals surface area contributed by atoms with E-state index in [0.29, 0.717) is 0 Å². The third kappa shape index (κ3) is 7.60. The van der Waals surface area contributed by atoms with Crippen LogP contribution in [0.2, 0.25) is 0 Å². The van der Waals surface area contributed by atoms with Crippen LogP contribution in [-0.2, 0) is 37.9 Å². The Morgan fingerprint density at radius 1 is 0.472 bits per heavy atom. The van der Waals surface area contributed by atoms with Crippen molar-refractivity contribution < 1.29 is 0 Å². The molecule has 2 nitrogen and oxygen atoms in total. The standard InChI is InChI=1S/C68H81BN2S/c1-40-32-55-59-56(33-40)71(60-41(2)34-45(64(9,10)11)37-47(60)42-20-26-49-50(35-42)66(14,15)29-28-65(49,12)13)61-58(48-36-44(63(6,7)8)23-27-57(48)72-61)69(59)53-38-51-52(68(18,19)31-30-67(51,16)17)39-54(53)70(55)46-24-21-43(22-25-46)62(3,4)5/h20-27,32-39H,28-31H2,1-19H3. The van der Waals surface area contributed by atoms with Crippen molar-refractivity contribution in [3.63, 3.8) is 0 Å². The predicted octanol–water partition coefficient (Wildman–Crippen LogP) is 17.9. The Hall–Kier alpha value is -5.06. The first-order chi connectivity index (χ1) is 33.4. The molecule has 6 aromatic carbocycles. The minimum Gasteiger partial charge on any atom is -0.311 e. The first-order valence-corrected chi connectivity index (χ1v) is 28.1. The van der Waals surface area contributed by atoms with Gasteiger partial charge in [0, 0.05) is 33.0 Å². The van der Waals surface area contributed by atoms with E-state index >= 15 is 0 Å². The second kappa shape index (κ2) is 15.7. The van der Waals surface area contributed by atoms with Crippen LogP contribution in [-0.4, -0.2) is 6.71 Å². The summed E-state index contributed by atoms with van der Waals surface area (Å²) in [6, 6.07) is 40.1. The Kier molecular flexibility index (Phi) is 10.7. The van der Waals surface area contributed by atoms with Gasteiger partial charge in [-0.25, -0.2) is 0 Å². The number of anilines is 6. The van der Waals surface area contributed by atoms with Crippen LogP contribution in [0.25, 0.3) is 21.2 Å². The molecule has 2 aliphatic heterocycles. The highest BCUT2D eigenvalue weighted by Gasteiger charge is 2.49. The molecule has 3 heterocycles. The third-order valence-electron chi connectivity index (χ3n) is 18.2. The number of nitrogens with zero attached hydrogens (tertiary/aromatic N) is 2. The summed E-state index contributed by atoms with van der Waals surface area (Å²) >= 11 is 2.00. The summed E-state index contributed by atoms with van der Waals surface area (Å²) < 4.78 is 1.36. The molecule has 0 saturated carbocycles. The lowest BCUT2D eigenvalue weighted by molar-refractivity contribution is 0.332. The molecular weight excluding hydrogens is 888 g/mol. The van der Waals surface area contributed by atoms with E-state index in [1.165, 1.54) is 147 Å². The summed E-state index contributed by atoms with van der Waals surface area (Å²) in [4.78, 5) is 5.44. The monoisotopic (exact) mass is 969 g/mol. The number of thiophene rings is 1. The third-order valence-corrected chi connectivity index (χ3v) is 19.4. The summed E-state index contributed by atoms with van der Waals surface area (Å²) in [7, 11) is 0. The quantitative estimate of drug-likeness (QED) is 0.163. The van der Waals surface area contributed by atoms with Crippen molar-refractivity contribution in [3.8, 4) is 11.1 Å². The van der Waals surface area contributed by atoms with Crippen LogP contribution in [0.5, 0.6) is 0 Å². The summed E-state index contributed by atoms with van der Waals surface area (Å²) in [6.45, 7) is 45.8. The van der Waals surface area contributed by atoms with Gasteiger partial charge in [-0.1, -0.05) is 172 Å². The van der Waals surface area contributed by atoms with Gasteiger partial charge in [-0.2, -0.15) is 0 Å². The second-order valence-electron chi connectivity index (χ2n) is 28.6. The molecule has 72 heavy (non-hydrogen) atoms. The van der Waals surface area contributed by atoms with Crippen molar-refractivity contribution in [1.29, 1.82) is 0 Å². The topological polar surface area (TPSA) is 6.48 Å².